The lowest BCUT2D eigenvalue weighted by Crippen LogP contribution is -1.96. The van der Waals surface area contributed by atoms with E-state index in [1.807, 2.05) is 35.9 Å². The quantitative estimate of drug-likeness (QED) is 0.609. The number of hydrogen-bond acceptors (Lipinski definition) is 7. The second-order valence-corrected chi connectivity index (χ2v) is 6.18. The molecule has 7 nitrogen and oxygen atoms in total. The van der Waals surface area contributed by atoms with Gasteiger partial charge in [-0.05, 0) is 18.6 Å². The van der Waals surface area contributed by atoms with E-state index in [2.05, 4.69) is 27.3 Å². The summed E-state index contributed by atoms with van der Waals surface area (Å²) in [5, 5.41) is 13.3. The normalized spacial score (nSPS) is 11.0. The summed E-state index contributed by atoms with van der Waals surface area (Å²) in [6, 6.07) is 7.76. The molecule has 1 aromatic carbocycles. The van der Waals surface area contributed by atoms with Crippen LogP contribution in [-0.2, 0) is 19.2 Å². The molecule has 2 heterocycles. The third kappa shape index (κ3) is 3.59. The number of benzene rings is 1. The maximum Gasteiger partial charge on any atom is 0.226 e. The van der Waals surface area contributed by atoms with E-state index in [4.69, 9.17) is 9.26 Å². The number of ether oxygens (including phenoxy) is 1. The van der Waals surface area contributed by atoms with E-state index in [0.29, 0.717) is 17.5 Å². The molecule has 0 spiro atoms. The van der Waals surface area contributed by atoms with Gasteiger partial charge in [-0.15, -0.1) is 10.2 Å². The summed E-state index contributed by atoms with van der Waals surface area (Å²) in [5.74, 6) is 3.53. The zero-order chi connectivity index (χ0) is 16.9. The average Bonchev–Trinajstić information content (AvgIpc) is 3.20. The summed E-state index contributed by atoms with van der Waals surface area (Å²) < 4.78 is 12.4. The summed E-state index contributed by atoms with van der Waals surface area (Å²) >= 11 is 1.53. The Kier molecular flexibility index (Phi) is 5.14. The highest BCUT2D eigenvalue weighted by molar-refractivity contribution is 7.98. The molecule has 24 heavy (non-hydrogen) atoms. The van der Waals surface area contributed by atoms with E-state index < -0.39 is 0 Å². The fourth-order valence-electron chi connectivity index (χ4n) is 2.25. The van der Waals surface area contributed by atoms with E-state index >= 15 is 0 Å². The Labute approximate surface area is 144 Å². The van der Waals surface area contributed by atoms with Gasteiger partial charge < -0.3 is 13.8 Å². The summed E-state index contributed by atoms with van der Waals surface area (Å²) in [4.78, 5) is 4.36. The van der Waals surface area contributed by atoms with Crippen molar-refractivity contribution < 1.29 is 9.26 Å². The van der Waals surface area contributed by atoms with Gasteiger partial charge in [0.2, 0.25) is 5.89 Å². The molecule has 0 saturated heterocycles. The molecule has 3 aromatic rings. The number of nitrogens with zero attached hydrogens (tertiary/aromatic N) is 5. The van der Waals surface area contributed by atoms with Gasteiger partial charge in [-0.25, -0.2) is 0 Å². The Hall–Kier alpha value is -2.35. The largest absolute Gasteiger partial charge is 0.497 e. The maximum atomic E-state index is 5.26. The molecule has 0 N–H and O–H groups in total. The van der Waals surface area contributed by atoms with E-state index in [1.54, 1.807) is 7.11 Å². The monoisotopic (exact) mass is 345 g/mol. The number of aromatic nitrogens is 5. The Morgan fingerprint density at radius 1 is 1.29 bits per heavy atom. The van der Waals surface area contributed by atoms with E-state index in [1.165, 1.54) is 11.8 Å². The first kappa shape index (κ1) is 16.5. The van der Waals surface area contributed by atoms with Crippen LogP contribution in [0.25, 0.3) is 11.4 Å². The van der Waals surface area contributed by atoms with Gasteiger partial charge >= 0.3 is 0 Å². The van der Waals surface area contributed by atoms with Crippen LogP contribution in [0.4, 0.5) is 0 Å². The molecule has 8 heteroatoms. The highest BCUT2D eigenvalue weighted by Crippen LogP contribution is 2.26. The van der Waals surface area contributed by atoms with Crippen LogP contribution in [0.15, 0.2) is 33.9 Å². The predicted octanol–water partition coefficient (Wildman–Crippen LogP) is 3.12. The molecule has 126 valence electrons. The molecule has 0 aliphatic rings. The molecule has 3 rings (SSSR count). The first-order valence-electron chi connectivity index (χ1n) is 7.69. The van der Waals surface area contributed by atoms with E-state index in [9.17, 15) is 0 Å². The Bertz CT molecular complexity index is 814. The molecular formula is C16H19N5O2S. The molecule has 0 radical (unpaired) electrons. The van der Waals surface area contributed by atoms with Crippen LogP contribution in [0.1, 0.15) is 25.1 Å². The van der Waals surface area contributed by atoms with Gasteiger partial charge in [0.25, 0.3) is 0 Å². The van der Waals surface area contributed by atoms with Crippen LogP contribution in [-0.4, -0.2) is 32.0 Å². The topological polar surface area (TPSA) is 78.9 Å². The summed E-state index contributed by atoms with van der Waals surface area (Å²) in [5.41, 5.74) is 0.959. The third-order valence-corrected chi connectivity index (χ3v) is 4.48. The number of hydrogen-bond donors (Lipinski definition) is 0. The zero-order valence-electron chi connectivity index (χ0n) is 13.9. The molecule has 0 fully saturated rings. The lowest BCUT2D eigenvalue weighted by atomic mass is 10.2. The second-order valence-electron chi connectivity index (χ2n) is 5.24. The van der Waals surface area contributed by atoms with Crippen molar-refractivity contribution in [2.45, 2.75) is 30.7 Å². The van der Waals surface area contributed by atoms with Crippen molar-refractivity contribution in [2.75, 3.05) is 7.11 Å². The van der Waals surface area contributed by atoms with Gasteiger partial charge in [0.05, 0.1) is 12.9 Å². The first-order chi connectivity index (χ1) is 11.7. The maximum absolute atomic E-state index is 5.26. The number of methoxy groups -OCH3 is 1. The average molecular weight is 345 g/mol. The fraction of sp³-hybridized carbons (Fsp3) is 0.375. The fourth-order valence-corrected chi connectivity index (χ4v) is 3.00. The highest BCUT2D eigenvalue weighted by atomic mass is 32.2. The molecule has 0 unspecified atom stereocenters. The van der Waals surface area contributed by atoms with Gasteiger partial charge in [-0.2, -0.15) is 4.98 Å². The number of thioether (sulfide) groups is 1. The Balaban J connectivity index is 1.72. The summed E-state index contributed by atoms with van der Waals surface area (Å²) in [6.45, 7) is 2.08. The van der Waals surface area contributed by atoms with Crippen LogP contribution >= 0.6 is 11.8 Å². The van der Waals surface area contributed by atoms with Crippen LogP contribution in [0, 0.1) is 0 Å². The van der Waals surface area contributed by atoms with Crippen LogP contribution in [0.5, 0.6) is 5.75 Å². The van der Waals surface area contributed by atoms with E-state index in [-0.39, 0.29) is 0 Å². The lowest BCUT2D eigenvalue weighted by Gasteiger charge is -2.05. The molecule has 0 aliphatic heterocycles. The summed E-state index contributed by atoms with van der Waals surface area (Å²) in [7, 11) is 3.59. The first-order valence-corrected chi connectivity index (χ1v) is 8.68. The zero-order valence-corrected chi connectivity index (χ0v) is 14.7. The van der Waals surface area contributed by atoms with Crippen molar-refractivity contribution in [1.82, 2.24) is 24.9 Å². The van der Waals surface area contributed by atoms with Crippen molar-refractivity contribution in [3.8, 4) is 17.1 Å². The second kappa shape index (κ2) is 7.48. The Morgan fingerprint density at radius 3 is 2.96 bits per heavy atom. The van der Waals surface area contributed by atoms with Gasteiger partial charge in [-0.3, -0.25) is 0 Å². The molecule has 0 saturated carbocycles. The molecular weight excluding hydrogens is 326 g/mol. The van der Waals surface area contributed by atoms with Gasteiger partial charge in [-0.1, -0.05) is 36.0 Å². The van der Waals surface area contributed by atoms with Crippen LogP contribution in [0.3, 0.4) is 0 Å². The van der Waals surface area contributed by atoms with Crippen molar-refractivity contribution in [3.05, 3.63) is 36.0 Å². The van der Waals surface area contributed by atoms with Crippen molar-refractivity contribution >= 4 is 11.8 Å². The minimum Gasteiger partial charge on any atom is -0.497 e. The number of aryl methyl sites for hydroxylation is 1. The molecule has 2 aromatic heterocycles. The van der Waals surface area contributed by atoms with Gasteiger partial charge in [0, 0.05) is 19.0 Å². The van der Waals surface area contributed by atoms with Crippen molar-refractivity contribution in [2.24, 2.45) is 7.05 Å². The van der Waals surface area contributed by atoms with Crippen molar-refractivity contribution in [1.29, 1.82) is 0 Å². The molecule has 0 atom stereocenters. The molecule has 0 amide bonds. The van der Waals surface area contributed by atoms with Gasteiger partial charge in [0.15, 0.2) is 16.8 Å². The number of rotatable bonds is 7. The third-order valence-electron chi connectivity index (χ3n) is 3.47. The van der Waals surface area contributed by atoms with Crippen molar-refractivity contribution in [3.63, 3.8) is 0 Å². The minimum atomic E-state index is 0.595. The Morgan fingerprint density at radius 2 is 2.17 bits per heavy atom. The standard InChI is InChI=1S/C16H19N5O2S/c1-4-6-14-17-13(20-23-14)10-24-16-19-18-15(21(16)2)11-7-5-8-12(9-11)22-3/h5,7-9H,4,6,10H2,1-3H3. The smallest absolute Gasteiger partial charge is 0.226 e. The molecule has 0 bridgehead atoms. The minimum absolute atomic E-state index is 0.595. The van der Waals surface area contributed by atoms with Crippen LogP contribution < -0.4 is 4.74 Å². The van der Waals surface area contributed by atoms with Gasteiger partial charge in [0.1, 0.15) is 5.75 Å². The summed E-state index contributed by atoms with van der Waals surface area (Å²) in [6.07, 6.45) is 1.80. The lowest BCUT2D eigenvalue weighted by molar-refractivity contribution is 0.373. The highest BCUT2D eigenvalue weighted by Gasteiger charge is 2.13. The SMILES string of the molecule is CCCc1nc(CSc2nnc(-c3cccc(OC)c3)n2C)no1. The predicted molar refractivity (Wildman–Crippen MR) is 90.8 cm³/mol. The van der Waals surface area contributed by atoms with Crippen LogP contribution in [0.2, 0.25) is 0 Å². The van der Waals surface area contributed by atoms with E-state index in [0.717, 1.165) is 35.1 Å². The molecule has 0 aliphatic carbocycles.